The first-order valence-corrected chi connectivity index (χ1v) is 18.9. The van der Waals surface area contributed by atoms with Crippen LogP contribution in [0.15, 0.2) is 66.6 Å². The van der Waals surface area contributed by atoms with Crippen LogP contribution in [0.3, 0.4) is 0 Å². The molecule has 3 nitrogen and oxygen atoms in total. The number of fused-ring (bicyclic) bond motifs is 3. The molecule has 0 atom stereocenters. The Kier molecular flexibility index (Phi) is 9.05. The summed E-state index contributed by atoms with van der Waals surface area (Å²) in [4.78, 5) is 14.7. The van der Waals surface area contributed by atoms with Crippen LogP contribution in [0.25, 0.3) is 30.6 Å². The Morgan fingerprint density at radius 1 is 1.03 bits per heavy atom. The SMILES string of the molecule is CC(=O)/C=C(/C)O.[CH3][Ge]([CH3])([CH3])[c]1cccc2c1[se]c1c(-c3[c-]cccc3)nccc12.[Ir]. The molecule has 4 rings (SSSR count). The van der Waals surface area contributed by atoms with Crippen LogP contribution < -0.4 is 4.40 Å². The normalized spacial score (nSPS) is 11.6. The fourth-order valence-corrected chi connectivity index (χ4v) is 12.8. The Labute approximate surface area is 206 Å². The molecule has 2 aromatic carbocycles. The number of hydrogen-bond donors (Lipinski definition) is 1. The summed E-state index contributed by atoms with van der Waals surface area (Å²) in [5, 5.41) is 11.2. The van der Waals surface area contributed by atoms with Crippen molar-refractivity contribution in [2.45, 2.75) is 31.1 Å². The second-order valence-electron chi connectivity index (χ2n) is 8.24. The van der Waals surface area contributed by atoms with E-state index in [1.54, 1.807) is 8.66 Å². The number of aromatic nitrogens is 1. The number of rotatable bonds is 3. The Balaban J connectivity index is 0.000000373. The molecule has 0 aliphatic rings. The van der Waals surface area contributed by atoms with E-state index in [1.165, 1.54) is 35.0 Å². The third-order valence-corrected chi connectivity index (χ3v) is 12.4. The van der Waals surface area contributed by atoms with Gasteiger partial charge in [-0.05, 0) is 13.8 Å². The molecule has 163 valence electrons. The van der Waals surface area contributed by atoms with Crippen molar-refractivity contribution < 1.29 is 30.0 Å². The molecule has 0 bridgehead atoms. The van der Waals surface area contributed by atoms with Crippen LogP contribution in [0.5, 0.6) is 0 Å². The largest absolute Gasteiger partial charge is 0 e. The number of carbonyl (C=O) groups excluding carboxylic acids is 1. The van der Waals surface area contributed by atoms with Crippen LogP contribution in [0, 0.1) is 6.07 Å². The standard InChI is InChI=1S/C20H18GeNSe.C5H8O2.Ir/c1-21(2,3)17-11-7-10-15-16-12-13-22-18(20(16)23-19(15)17)14-8-5-4-6-9-14;1-4(6)3-5(2)7;/h4-8,10-13H,1-3H3;3,6H,1-2H3;/q-1;;/b;4-3-;. The van der Waals surface area contributed by atoms with Crippen LogP contribution in [0.1, 0.15) is 13.8 Å². The molecule has 0 amide bonds. The van der Waals surface area contributed by atoms with Crippen molar-refractivity contribution in [3.63, 3.8) is 0 Å². The van der Waals surface area contributed by atoms with Gasteiger partial charge in [-0.3, -0.25) is 4.79 Å². The predicted octanol–water partition coefficient (Wildman–Crippen LogP) is 5.49. The first-order chi connectivity index (χ1) is 14.2. The van der Waals surface area contributed by atoms with Gasteiger partial charge in [0.25, 0.3) is 0 Å². The summed E-state index contributed by atoms with van der Waals surface area (Å²) in [5.74, 6) is 7.39. The van der Waals surface area contributed by atoms with Gasteiger partial charge < -0.3 is 5.11 Å². The average Bonchev–Trinajstić information content (AvgIpc) is 3.06. The van der Waals surface area contributed by atoms with Crippen LogP contribution in [-0.2, 0) is 24.9 Å². The van der Waals surface area contributed by atoms with Crippen LogP contribution in [-0.4, -0.2) is 43.6 Å². The zero-order valence-corrected chi connectivity index (χ0v) is 24.5. The van der Waals surface area contributed by atoms with Gasteiger partial charge in [-0.2, -0.15) is 0 Å². The number of aliphatic hydroxyl groups excluding tert-OH is 1. The molecule has 0 aliphatic heterocycles. The van der Waals surface area contributed by atoms with E-state index in [0.29, 0.717) is 14.5 Å². The summed E-state index contributed by atoms with van der Waals surface area (Å²) >= 11 is -1.53. The first-order valence-electron chi connectivity index (χ1n) is 9.84. The van der Waals surface area contributed by atoms with E-state index in [1.807, 2.05) is 18.3 Å². The summed E-state index contributed by atoms with van der Waals surface area (Å²) in [5.41, 5.74) is 2.23. The van der Waals surface area contributed by atoms with Gasteiger partial charge in [-0.15, -0.1) is 0 Å². The molecule has 0 unspecified atom stereocenters. The van der Waals surface area contributed by atoms with E-state index in [0.717, 1.165) is 11.3 Å². The molecule has 0 aliphatic carbocycles. The summed E-state index contributed by atoms with van der Waals surface area (Å²) in [6.45, 7) is 2.85. The van der Waals surface area contributed by atoms with Crippen molar-refractivity contribution in [1.29, 1.82) is 0 Å². The van der Waals surface area contributed by atoms with E-state index < -0.39 is 13.3 Å². The molecular weight excluding hydrogens is 690 g/mol. The molecule has 0 saturated heterocycles. The smallest absolute Gasteiger partial charge is 0 e. The van der Waals surface area contributed by atoms with Gasteiger partial charge in [-0.25, -0.2) is 0 Å². The van der Waals surface area contributed by atoms with Crippen molar-refractivity contribution in [3.8, 4) is 11.3 Å². The van der Waals surface area contributed by atoms with Gasteiger partial charge >= 0.3 is 146 Å². The van der Waals surface area contributed by atoms with Gasteiger partial charge in [0.15, 0.2) is 5.78 Å². The van der Waals surface area contributed by atoms with Crippen molar-refractivity contribution in [3.05, 3.63) is 72.6 Å². The average molecular weight is 716 g/mol. The summed E-state index contributed by atoms with van der Waals surface area (Å²) in [6, 6.07) is 20.6. The van der Waals surface area contributed by atoms with E-state index in [-0.39, 0.29) is 31.6 Å². The third-order valence-electron chi connectivity index (χ3n) is 4.60. The number of benzene rings is 2. The number of hydrogen-bond acceptors (Lipinski definition) is 3. The number of ketones is 1. The molecular formula is C25H26GeIrNO2Se-. The number of nitrogens with zero attached hydrogens (tertiary/aromatic N) is 1. The number of pyridine rings is 1. The Bertz CT molecular complexity index is 1220. The number of carbonyl (C=O) groups is 1. The van der Waals surface area contributed by atoms with E-state index >= 15 is 0 Å². The second kappa shape index (κ2) is 10.9. The predicted molar refractivity (Wildman–Crippen MR) is 131 cm³/mol. The molecule has 0 fully saturated rings. The summed E-state index contributed by atoms with van der Waals surface area (Å²) in [6.07, 6.45) is 3.12. The minimum Gasteiger partial charge on any atom is 0 e. The molecule has 2 aromatic heterocycles. The Hall–Kier alpha value is -1.49. The maximum Gasteiger partial charge on any atom is 0 e. The minimum atomic E-state index is -1.87. The van der Waals surface area contributed by atoms with E-state index in [2.05, 4.69) is 59.7 Å². The first kappa shape index (κ1) is 25.8. The molecule has 6 heteroatoms. The van der Waals surface area contributed by atoms with Crippen molar-refractivity contribution >= 4 is 57.2 Å². The van der Waals surface area contributed by atoms with E-state index in [4.69, 9.17) is 10.1 Å². The molecule has 0 spiro atoms. The number of allylic oxidation sites excluding steroid dienone is 2. The van der Waals surface area contributed by atoms with Gasteiger partial charge in [0.2, 0.25) is 0 Å². The zero-order chi connectivity index (χ0) is 21.9. The second-order valence-corrected chi connectivity index (χ2v) is 21.0. The van der Waals surface area contributed by atoms with Crippen molar-refractivity contribution in [2.75, 3.05) is 0 Å². The molecule has 0 saturated carbocycles. The fourth-order valence-electron chi connectivity index (χ4n) is 3.34. The van der Waals surface area contributed by atoms with Gasteiger partial charge in [0.05, 0.1) is 5.76 Å². The quantitative estimate of drug-likeness (QED) is 0.132. The molecule has 2 heterocycles. The topological polar surface area (TPSA) is 50.2 Å². The minimum absolute atomic E-state index is 0. The van der Waals surface area contributed by atoms with Gasteiger partial charge in [0.1, 0.15) is 0 Å². The third kappa shape index (κ3) is 6.28. The Morgan fingerprint density at radius 3 is 2.29 bits per heavy atom. The fraction of sp³-hybridized carbons (Fsp3) is 0.200. The molecule has 4 aromatic rings. The maximum absolute atomic E-state index is 10.0. The monoisotopic (exact) mass is 719 g/mol. The van der Waals surface area contributed by atoms with Gasteiger partial charge in [0, 0.05) is 26.2 Å². The van der Waals surface area contributed by atoms with Crippen molar-refractivity contribution in [2.24, 2.45) is 0 Å². The zero-order valence-electron chi connectivity index (χ0n) is 18.3. The van der Waals surface area contributed by atoms with Crippen LogP contribution >= 0.6 is 0 Å². The van der Waals surface area contributed by atoms with Crippen LogP contribution in [0.4, 0.5) is 0 Å². The summed E-state index contributed by atoms with van der Waals surface area (Å²) in [7, 11) is 0. The van der Waals surface area contributed by atoms with E-state index in [9.17, 15) is 4.79 Å². The molecule has 1 radical (unpaired) electrons. The summed E-state index contributed by atoms with van der Waals surface area (Å²) < 4.78 is 4.69. The Morgan fingerprint density at radius 2 is 1.74 bits per heavy atom. The van der Waals surface area contributed by atoms with Crippen LogP contribution in [0.2, 0.25) is 17.3 Å². The number of aliphatic hydroxyl groups is 1. The molecule has 31 heavy (non-hydrogen) atoms. The van der Waals surface area contributed by atoms with Gasteiger partial charge in [-0.1, -0.05) is 0 Å². The maximum atomic E-state index is 10.0. The molecule has 1 N–H and O–H groups in total. The van der Waals surface area contributed by atoms with Crippen molar-refractivity contribution in [1.82, 2.24) is 4.98 Å².